The Balaban J connectivity index is 2.30. The van der Waals surface area contributed by atoms with Gasteiger partial charge in [0, 0.05) is 12.4 Å². The molecule has 0 aliphatic rings. The quantitative estimate of drug-likeness (QED) is 0.903. The monoisotopic (exact) mass is 319 g/mol. The van der Waals surface area contributed by atoms with Crippen molar-refractivity contribution in [3.63, 3.8) is 0 Å². The molecule has 6 nitrogen and oxygen atoms in total. The van der Waals surface area contributed by atoms with Gasteiger partial charge in [0.15, 0.2) is 0 Å². The number of rotatable bonds is 3. The normalized spacial score (nSPS) is 12.1. The second kappa shape index (κ2) is 5.20. The maximum absolute atomic E-state index is 12.3. The Labute approximate surface area is 117 Å². The van der Waals surface area contributed by atoms with Crippen molar-refractivity contribution in [2.24, 2.45) is 0 Å². The van der Waals surface area contributed by atoms with Gasteiger partial charge in [0.25, 0.3) is 10.0 Å². The molecule has 0 atom stereocenters. The van der Waals surface area contributed by atoms with Gasteiger partial charge in [-0.1, -0.05) is 0 Å². The number of pyridine rings is 2. The van der Waals surface area contributed by atoms with Crippen molar-refractivity contribution in [3.8, 4) is 5.88 Å². The van der Waals surface area contributed by atoms with Gasteiger partial charge < -0.3 is 5.11 Å². The van der Waals surface area contributed by atoms with E-state index in [0.29, 0.717) is 12.3 Å². The van der Waals surface area contributed by atoms with Crippen LogP contribution in [0.2, 0.25) is 0 Å². The molecule has 0 spiro atoms. The van der Waals surface area contributed by atoms with Crippen LogP contribution in [-0.4, -0.2) is 23.5 Å². The lowest BCUT2D eigenvalue weighted by atomic mass is 10.3. The fourth-order valence-electron chi connectivity index (χ4n) is 1.39. The van der Waals surface area contributed by atoms with E-state index in [-0.39, 0.29) is 5.69 Å². The second-order valence-electron chi connectivity index (χ2n) is 3.86. The molecule has 10 heteroatoms. The zero-order valence-corrected chi connectivity index (χ0v) is 11.0. The van der Waals surface area contributed by atoms with Crippen molar-refractivity contribution in [1.29, 1.82) is 0 Å². The fraction of sp³-hybridized carbons (Fsp3) is 0.0909. The molecule has 0 amide bonds. The van der Waals surface area contributed by atoms with Gasteiger partial charge in [0.2, 0.25) is 5.88 Å². The highest BCUT2D eigenvalue weighted by Gasteiger charge is 2.32. The van der Waals surface area contributed by atoms with Crippen LogP contribution in [0.15, 0.2) is 41.6 Å². The summed E-state index contributed by atoms with van der Waals surface area (Å²) in [5.74, 6) is -0.555. The number of alkyl halides is 3. The summed E-state index contributed by atoms with van der Waals surface area (Å²) in [6.07, 6.45) is -2.83. The number of nitrogens with one attached hydrogen (secondary N) is 1. The molecule has 0 saturated carbocycles. The Bertz CT molecular complexity index is 745. The van der Waals surface area contributed by atoms with Crippen LogP contribution in [-0.2, 0) is 16.2 Å². The number of nitrogens with zero attached hydrogens (tertiary/aromatic N) is 2. The van der Waals surface area contributed by atoms with Crippen LogP contribution in [0.1, 0.15) is 5.69 Å². The molecule has 0 saturated heterocycles. The van der Waals surface area contributed by atoms with Crippen LogP contribution < -0.4 is 4.72 Å². The second-order valence-corrected chi connectivity index (χ2v) is 5.54. The zero-order chi connectivity index (χ0) is 15.7. The van der Waals surface area contributed by atoms with Crippen LogP contribution in [0.4, 0.5) is 18.9 Å². The third-order valence-corrected chi connectivity index (χ3v) is 3.72. The molecule has 2 aromatic rings. The summed E-state index contributed by atoms with van der Waals surface area (Å²) in [6, 6.07) is 3.95. The van der Waals surface area contributed by atoms with Crippen molar-refractivity contribution < 1.29 is 26.7 Å². The van der Waals surface area contributed by atoms with E-state index in [0.717, 1.165) is 6.07 Å². The first-order chi connectivity index (χ1) is 9.70. The van der Waals surface area contributed by atoms with Gasteiger partial charge in [-0.25, -0.2) is 13.4 Å². The summed E-state index contributed by atoms with van der Waals surface area (Å²) >= 11 is 0. The largest absolute Gasteiger partial charge is 0.492 e. The fourth-order valence-corrected chi connectivity index (χ4v) is 2.39. The topological polar surface area (TPSA) is 92.2 Å². The molecular formula is C11H8F3N3O3S. The van der Waals surface area contributed by atoms with E-state index in [1.165, 1.54) is 18.3 Å². The number of aromatic nitrogens is 2. The average Bonchev–Trinajstić information content (AvgIpc) is 2.40. The van der Waals surface area contributed by atoms with Crippen molar-refractivity contribution >= 4 is 15.7 Å². The molecule has 2 N–H and O–H groups in total. The van der Waals surface area contributed by atoms with Crippen molar-refractivity contribution in [3.05, 3.63) is 42.4 Å². The SMILES string of the molecule is O=S(=O)(Nc1cccnc1O)c1ccc(C(F)(F)F)nc1. The smallest absolute Gasteiger partial charge is 0.433 e. The number of aromatic hydroxyl groups is 1. The first kappa shape index (κ1) is 15.0. The Kier molecular flexibility index (Phi) is 3.73. The van der Waals surface area contributed by atoms with Crippen molar-refractivity contribution in [2.45, 2.75) is 11.1 Å². The standard InChI is InChI=1S/C11H8F3N3O3S/c12-11(13,14)9-4-3-7(6-16-9)21(19,20)17-8-2-1-5-15-10(8)18/h1-6,17H,(H,15,18). The third-order valence-electron chi connectivity index (χ3n) is 2.37. The van der Waals surface area contributed by atoms with E-state index in [1.807, 2.05) is 4.72 Å². The summed E-state index contributed by atoms with van der Waals surface area (Å²) in [5.41, 5.74) is -1.40. The summed E-state index contributed by atoms with van der Waals surface area (Å²) in [5, 5.41) is 9.37. The Hall–Kier alpha value is -2.36. The molecule has 0 aromatic carbocycles. The minimum absolute atomic E-state index is 0.197. The highest BCUT2D eigenvalue weighted by atomic mass is 32.2. The van der Waals surface area contributed by atoms with Crippen LogP contribution in [0.5, 0.6) is 5.88 Å². The summed E-state index contributed by atoms with van der Waals surface area (Å²) in [7, 11) is -4.18. The van der Waals surface area contributed by atoms with E-state index in [4.69, 9.17) is 0 Å². The van der Waals surface area contributed by atoms with Gasteiger partial charge in [0.05, 0.1) is 0 Å². The molecule has 0 aliphatic carbocycles. The van der Waals surface area contributed by atoms with Gasteiger partial charge in [-0.2, -0.15) is 13.2 Å². The van der Waals surface area contributed by atoms with Crippen LogP contribution >= 0.6 is 0 Å². The van der Waals surface area contributed by atoms with Gasteiger partial charge in [0.1, 0.15) is 16.3 Å². The predicted molar refractivity (Wildman–Crippen MR) is 65.9 cm³/mol. The van der Waals surface area contributed by atoms with Gasteiger partial charge in [-0.3, -0.25) is 9.71 Å². The third kappa shape index (κ3) is 3.40. The lowest BCUT2D eigenvalue weighted by molar-refractivity contribution is -0.141. The van der Waals surface area contributed by atoms with Crippen LogP contribution in [0.25, 0.3) is 0 Å². The minimum atomic E-state index is -4.66. The molecule has 0 radical (unpaired) electrons. The number of anilines is 1. The average molecular weight is 319 g/mol. The molecule has 0 fully saturated rings. The van der Waals surface area contributed by atoms with Crippen molar-refractivity contribution in [2.75, 3.05) is 4.72 Å². The zero-order valence-electron chi connectivity index (χ0n) is 10.2. The summed E-state index contributed by atoms with van der Waals surface area (Å²) < 4.78 is 62.9. The number of halogens is 3. The molecule has 0 bridgehead atoms. The maximum atomic E-state index is 12.3. The van der Waals surface area contributed by atoms with Crippen LogP contribution in [0.3, 0.4) is 0 Å². The van der Waals surface area contributed by atoms with Crippen LogP contribution in [0, 0.1) is 0 Å². The lowest BCUT2D eigenvalue weighted by Crippen LogP contribution is -2.15. The number of sulfonamides is 1. The van der Waals surface area contributed by atoms with E-state index in [2.05, 4.69) is 9.97 Å². The first-order valence-corrected chi connectivity index (χ1v) is 6.88. The van der Waals surface area contributed by atoms with E-state index in [9.17, 15) is 26.7 Å². The molecular weight excluding hydrogens is 311 g/mol. The van der Waals surface area contributed by atoms with Gasteiger partial charge in [-0.15, -0.1) is 0 Å². The molecule has 2 aromatic heterocycles. The van der Waals surface area contributed by atoms with E-state index in [1.54, 1.807) is 0 Å². The van der Waals surface area contributed by atoms with E-state index >= 15 is 0 Å². The highest BCUT2D eigenvalue weighted by Crippen LogP contribution is 2.28. The first-order valence-electron chi connectivity index (χ1n) is 5.40. The van der Waals surface area contributed by atoms with Gasteiger partial charge in [-0.05, 0) is 24.3 Å². The number of hydrogen-bond acceptors (Lipinski definition) is 5. The predicted octanol–water partition coefficient (Wildman–Crippen LogP) is 2.00. The molecule has 0 unspecified atom stereocenters. The Morgan fingerprint density at radius 2 is 1.86 bits per heavy atom. The summed E-state index contributed by atoms with van der Waals surface area (Å²) in [6.45, 7) is 0. The lowest BCUT2D eigenvalue weighted by Gasteiger charge is -2.09. The van der Waals surface area contributed by atoms with Gasteiger partial charge >= 0.3 is 6.18 Å². The number of hydrogen-bond donors (Lipinski definition) is 2. The highest BCUT2D eigenvalue weighted by molar-refractivity contribution is 7.92. The van der Waals surface area contributed by atoms with Crippen molar-refractivity contribution in [1.82, 2.24) is 9.97 Å². The molecule has 2 rings (SSSR count). The molecule has 0 aliphatic heterocycles. The Morgan fingerprint density at radius 3 is 2.38 bits per heavy atom. The van der Waals surface area contributed by atoms with E-state index < -0.39 is 32.7 Å². The molecule has 2 heterocycles. The minimum Gasteiger partial charge on any atom is -0.492 e. The summed E-state index contributed by atoms with van der Waals surface area (Å²) in [4.78, 5) is 6.05. The molecule has 112 valence electrons. The Morgan fingerprint density at radius 1 is 1.14 bits per heavy atom. The molecule has 21 heavy (non-hydrogen) atoms. The maximum Gasteiger partial charge on any atom is 0.433 e.